The minimum absolute atomic E-state index is 0.563. The van der Waals surface area contributed by atoms with Crippen molar-refractivity contribution in [2.45, 2.75) is 32.0 Å². The van der Waals surface area contributed by atoms with Crippen molar-refractivity contribution in [1.29, 1.82) is 0 Å². The van der Waals surface area contributed by atoms with Gasteiger partial charge >= 0.3 is 0 Å². The van der Waals surface area contributed by atoms with Crippen LogP contribution in [0.15, 0.2) is 24.3 Å². The molecule has 1 saturated heterocycles. The van der Waals surface area contributed by atoms with Gasteiger partial charge in [0.1, 0.15) is 0 Å². The third-order valence-corrected chi connectivity index (χ3v) is 4.79. The summed E-state index contributed by atoms with van der Waals surface area (Å²) in [4.78, 5) is 5.19. The highest BCUT2D eigenvalue weighted by atomic mass is 15.3. The number of hydrogen-bond acceptors (Lipinski definition) is 3. The summed E-state index contributed by atoms with van der Waals surface area (Å²) in [6.45, 7) is 8.01. The molecule has 0 bridgehead atoms. The molecule has 3 nitrogen and oxygen atoms in total. The van der Waals surface area contributed by atoms with Crippen LogP contribution >= 0.6 is 0 Å². The van der Waals surface area contributed by atoms with Crippen LogP contribution in [-0.2, 0) is 6.54 Å². The van der Waals surface area contributed by atoms with E-state index in [9.17, 15) is 0 Å². The number of nitrogens with one attached hydrogen (secondary N) is 1. The summed E-state index contributed by atoms with van der Waals surface area (Å²) in [5.41, 5.74) is 3.02. The number of fused-ring (bicyclic) bond motifs is 1. The Morgan fingerprint density at radius 2 is 2.11 bits per heavy atom. The molecular weight excluding hydrogens is 234 g/mol. The van der Waals surface area contributed by atoms with Gasteiger partial charge in [0.2, 0.25) is 0 Å². The fourth-order valence-corrected chi connectivity index (χ4v) is 3.49. The first-order chi connectivity index (χ1) is 9.29. The van der Waals surface area contributed by atoms with Crippen molar-refractivity contribution in [1.82, 2.24) is 15.1 Å². The molecule has 104 valence electrons. The number of likely N-dealkylation sites (N-methyl/N-ethyl adjacent to an activating group) is 1. The number of piperazine rings is 1. The van der Waals surface area contributed by atoms with E-state index in [0.29, 0.717) is 12.1 Å². The molecule has 0 radical (unpaired) electrons. The molecule has 2 atom stereocenters. The van der Waals surface area contributed by atoms with Gasteiger partial charge in [0.05, 0.1) is 0 Å². The van der Waals surface area contributed by atoms with Crippen LogP contribution in [0.2, 0.25) is 0 Å². The van der Waals surface area contributed by atoms with E-state index in [0.717, 1.165) is 13.1 Å². The standard InChI is InChI=1S/C16H25N3/c1-3-14-12-19(9-8-18(14)2)16-11-17-10-13-6-4-5-7-15(13)16/h4-7,14,16-17H,3,8-12H2,1-2H3. The van der Waals surface area contributed by atoms with Gasteiger partial charge in [-0.2, -0.15) is 0 Å². The lowest BCUT2D eigenvalue weighted by atomic mass is 9.94. The molecule has 0 aliphatic carbocycles. The van der Waals surface area contributed by atoms with E-state index in [4.69, 9.17) is 0 Å². The zero-order valence-electron chi connectivity index (χ0n) is 12.1. The Bertz CT molecular complexity index is 432. The van der Waals surface area contributed by atoms with E-state index < -0.39 is 0 Å². The van der Waals surface area contributed by atoms with Crippen LogP contribution in [0.4, 0.5) is 0 Å². The first-order valence-corrected chi connectivity index (χ1v) is 7.52. The first-order valence-electron chi connectivity index (χ1n) is 7.52. The van der Waals surface area contributed by atoms with Crippen LogP contribution in [0.25, 0.3) is 0 Å². The summed E-state index contributed by atoms with van der Waals surface area (Å²) in [5.74, 6) is 0. The molecule has 1 fully saturated rings. The average molecular weight is 259 g/mol. The number of hydrogen-bond donors (Lipinski definition) is 1. The van der Waals surface area contributed by atoms with E-state index in [1.54, 1.807) is 5.56 Å². The molecule has 0 spiro atoms. The van der Waals surface area contributed by atoms with Gasteiger partial charge in [-0.1, -0.05) is 31.2 Å². The summed E-state index contributed by atoms with van der Waals surface area (Å²) < 4.78 is 0. The third-order valence-electron chi connectivity index (χ3n) is 4.79. The molecule has 3 heteroatoms. The Labute approximate surface area is 116 Å². The van der Waals surface area contributed by atoms with E-state index in [2.05, 4.69) is 53.4 Å². The van der Waals surface area contributed by atoms with E-state index in [1.807, 2.05) is 0 Å². The van der Waals surface area contributed by atoms with Crippen molar-refractivity contribution in [3.8, 4) is 0 Å². The van der Waals surface area contributed by atoms with Crippen molar-refractivity contribution < 1.29 is 0 Å². The molecule has 2 heterocycles. The minimum atomic E-state index is 0.563. The molecule has 3 rings (SSSR count). The predicted octanol–water partition coefficient (Wildman–Crippen LogP) is 1.86. The largest absolute Gasteiger partial charge is 0.311 e. The highest BCUT2D eigenvalue weighted by molar-refractivity contribution is 5.32. The van der Waals surface area contributed by atoms with E-state index >= 15 is 0 Å². The predicted molar refractivity (Wildman–Crippen MR) is 79.2 cm³/mol. The molecule has 19 heavy (non-hydrogen) atoms. The monoisotopic (exact) mass is 259 g/mol. The van der Waals surface area contributed by atoms with Gasteiger partial charge in [0.15, 0.2) is 0 Å². The maximum atomic E-state index is 3.58. The Hall–Kier alpha value is -0.900. The normalized spacial score (nSPS) is 29.2. The molecule has 1 aromatic carbocycles. The third kappa shape index (κ3) is 2.55. The van der Waals surface area contributed by atoms with Crippen molar-refractivity contribution in [2.75, 3.05) is 33.2 Å². The smallest absolute Gasteiger partial charge is 0.0477 e. The van der Waals surface area contributed by atoms with Crippen molar-refractivity contribution in [3.05, 3.63) is 35.4 Å². The average Bonchev–Trinajstić information content (AvgIpc) is 2.47. The first kappa shape index (κ1) is 13.1. The SMILES string of the molecule is CCC1CN(C2CNCc3ccccc32)CCN1C. The van der Waals surface area contributed by atoms with Gasteiger partial charge < -0.3 is 10.2 Å². The second-order valence-corrected chi connectivity index (χ2v) is 5.88. The maximum absolute atomic E-state index is 3.58. The van der Waals surface area contributed by atoms with Crippen LogP contribution < -0.4 is 5.32 Å². The van der Waals surface area contributed by atoms with Crippen LogP contribution in [0.5, 0.6) is 0 Å². The molecule has 0 aromatic heterocycles. The number of nitrogens with zero attached hydrogens (tertiary/aromatic N) is 2. The highest BCUT2D eigenvalue weighted by Gasteiger charge is 2.30. The molecule has 1 N–H and O–H groups in total. The van der Waals surface area contributed by atoms with Gasteiger partial charge in [-0.25, -0.2) is 0 Å². The van der Waals surface area contributed by atoms with Crippen LogP contribution in [-0.4, -0.2) is 49.1 Å². The van der Waals surface area contributed by atoms with Crippen molar-refractivity contribution in [3.63, 3.8) is 0 Å². The van der Waals surface area contributed by atoms with E-state index in [-0.39, 0.29) is 0 Å². The Morgan fingerprint density at radius 3 is 2.95 bits per heavy atom. The van der Waals surface area contributed by atoms with Crippen LogP contribution in [0, 0.1) is 0 Å². The lowest BCUT2D eigenvalue weighted by Crippen LogP contribution is -2.54. The van der Waals surface area contributed by atoms with Crippen LogP contribution in [0.1, 0.15) is 30.5 Å². The summed E-state index contributed by atoms with van der Waals surface area (Å²) in [7, 11) is 2.26. The highest BCUT2D eigenvalue weighted by Crippen LogP contribution is 2.29. The Morgan fingerprint density at radius 1 is 1.26 bits per heavy atom. The number of benzene rings is 1. The van der Waals surface area contributed by atoms with Gasteiger partial charge in [0, 0.05) is 44.8 Å². The maximum Gasteiger partial charge on any atom is 0.0477 e. The quantitative estimate of drug-likeness (QED) is 0.874. The molecular formula is C16H25N3. The molecule has 2 unspecified atom stereocenters. The molecule has 0 amide bonds. The summed E-state index contributed by atoms with van der Waals surface area (Å²) in [5, 5.41) is 3.58. The van der Waals surface area contributed by atoms with Gasteiger partial charge in [-0.3, -0.25) is 4.90 Å². The van der Waals surface area contributed by atoms with Crippen molar-refractivity contribution >= 4 is 0 Å². The minimum Gasteiger partial charge on any atom is -0.311 e. The summed E-state index contributed by atoms with van der Waals surface area (Å²) >= 11 is 0. The Kier molecular flexibility index (Phi) is 3.87. The zero-order chi connectivity index (χ0) is 13.2. The lowest BCUT2D eigenvalue weighted by Gasteiger charge is -2.44. The molecule has 0 saturated carbocycles. The van der Waals surface area contributed by atoms with E-state index in [1.165, 1.54) is 31.6 Å². The Balaban J connectivity index is 1.80. The molecule has 1 aromatic rings. The molecule has 2 aliphatic rings. The topological polar surface area (TPSA) is 18.5 Å². The van der Waals surface area contributed by atoms with Gasteiger partial charge in [-0.05, 0) is 24.6 Å². The van der Waals surface area contributed by atoms with Gasteiger partial charge in [-0.15, -0.1) is 0 Å². The van der Waals surface area contributed by atoms with Crippen LogP contribution in [0.3, 0.4) is 0 Å². The lowest BCUT2D eigenvalue weighted by molar-refractivity contribution is 0.0591. The number of rotatable bonds is 2. The summed E-state index contributed by atoms with van der Waals surface area (Å²) in [6, 6.07) is 10.2. The second kappa shape index (κ2) is 5.61. The fourth-order valence-electron chi connectivity index (χ4n) is 3.49. The summed E-state index contributed by atoms with van der Waals surface area (Å²) in [6.07, 6.45) is 1.24. The molecule has 2 aliphatic heterocycles. The second-order valence-electron chi connectivity index (χ2n) is 5.88. The zero-order valence-corrected chi connectivity index (χ0v) is 12.1. The fraction of sp³-hybridized carbons (Fsp3) is 0.625. The van der Waals surface area contributed by atoms with Crippen molar-refractivity contribution in [2.24, 2.45) is 0 Å². The van der Waals surface area contributed by atoms with Gasteiger partial charge in [0.25, 0.3) is 0 Å².